The number of hydrogen-bond donors (Lipinski definition) is 1. The molecule has 0 spiro atoms. The van der Waals surface area contributed by atoms with E-state index in [0.717, 1.165) is 18.9 Å². The first-order chi connectivity index (χ1) is 10.9. The van der Waals surface area contributed by atoms with Crippen LogP contribution < -0.4 is 10.0 Å². The van der Waals surface area contributed by atoms with Crippen LogP contribution in [-0.4, -0.2) is 19.9 Å². The van der Waals surface area contributed by atoms with Gasteiger partial charge in [0.15, 0.2) is 0 Å². The standard InChI is InChI=1S/C14H15N3O5S/c15-23(20,21)14-6-5-10(17(18)19)9-12(14)16-7-1-3-11(16)13-4-2-8-22-13/h2,4-6,8-9,11H,1,3,7H2,(H2,15,20,21)/t11-/m0/s1. The summed E-state index contributed by atoms with van der Waals surface area (Å²) in [5.74, 6) is 0.689. The van der Waals surface area contributed by atoms with E-state index in [4.69, 9.17) is 9.56 Å². The zero-order valence-corrected chi connectivity index (χ0v) is 12.9. The van der Waals surface area contributed by atoms with Crippen LogP contribution in [0.25, 0.3) is 0 Å². The summed E-state index contributed by atoms with van der Waals surface area (Å²) in [6.07, 6.45) is 3.12. The molecule has 0 aliphatic carbocycles. The molecule has 1 atom stereocenters. The van der Waals surface area contributed by atoms with Gasteiger partial charge >= 0.3 is 0 Å². The predicted molar refractivity (Wildman–Crippen MR) is 82.5 cm³/mol. The van der Waals surface area contributed by atoms with E-state index in [1.165, 1.54) is 12.1 Å². The molecule has 122 valence electrons. The molecule has 1 aliphatic heterocycles. The van der Waals surface area contributed by atoms with E-state index < -0.39 is 14.9 Å². The molecular formula is C14H15N3O5S. The summed E-state index contributed by atoms with van der Waals surface area (Å²) >= 11 is 0. The van der Waals surface area contributed by atoms with E-state index in [9.17, 15) is 18.5 Å². The molecule has 2 heterocycles. The minimum Gasteiger partial charge on any atom is -0.467 e. The molecule has 2 aromatic rings. The quantitative estimate of drug-likeness (QED) is 0.674. The zero-order valence-electron chi connectivity index (χ0n) is 12.1. The van der Waals surface area contributed by atoms with Crippen molar-refractivity contribution in [3.05, 3.63) is 52.5 Å². The number of furan rings is 1. The van der Waals surface area contributed by atoms with Crippen LogP contribution in [0.15, 0.2) is 45.9 Å². The molecule has 2 N–H and O–H groups in total. The lowest BCUT2D eigenvalue weighted by Gasteiger charge is -2.26. The van der Waals surface area contributed by atoms with E-state index in [0.29, 0.717) is 12.3 Å². The highest BCUT2D eigenvalue weighted by Crippen LogP contribution is 2.40. The van der Waals surface area contributed by atoms with Crippen molar-refractivity contribution < 1.29 is 17.8 Å². The summed E-state index contributed by atoms with van der Waals surface area (Å²) in [6, 6.07) is 6.95. The van der Waals surface area contributed by atoms with Gasteiger partial charge < -0.3 is 9.32 Å². The van der Waals surface area contributed by atoms with Crippen molar-refractivity contribution >= 4 is 21.4 Å². The molecular weight excluding hydrogens is 322 g/mol. The number of nitro benzene ring substituents is 1. The lowest BCUT2D eigenvalue weighted by molar-refractivity contribution is -0.384. The Morgan fingerprint density at radius 1 is 1.35 bits per heavy atom. The third kappa shape index (κ3) is 2.92. The van der Waals surface area contributed by atoms with Gasteiger partial charge in [0.1, 0.15) is 10.7 Å². The largest absolute Gasteiger partial charge is 0.467 e. The summed E-state index contributed by atoms with van der Waals surface area (Å²) in [7, 11) is -4.00. The number of hydrogen-bond acceptors (Lipinski definition) is 6. The molecule has 8 nitrogen and oxygen atoms in total. The van der Waals surface area contributed by atoms with Crippen molar-refractivity contribution in [2.75, 3.05) is 11.4 Å². The second-order valence-electron chi connectivity index (χ2n) is 5.32. The highest BCUT2D eigenvalue weighted by Gasteiger charge is 2.32. The van der Waals surface area contributed by atoms with Crippen LogP contribution in [0, 0.1) is 10.1 Å². The summed E-state index contributed by atoms with van der Waals surface area (Å²) in [6.45, 7) is 0.565. The number of benzene rings is 1. The number of rotatable bonds is 4. The zero-order chi connectivity index (χ0) is 16.6. The van der Waals surface area contributed by atoms with Crippen LogP contribution in [0.4, 0.5) is 11.4 Å². The second-order valence-corrected chi connectivity index (χ2v) is 6.85. The van der Waals surface area contributed by atoms with Gasteiger partial charge in [-0.15, -0.1) is 0 Å². The smallest absolute Gasteiger partial charge is 0.271 e. The Hall–Kier alpha value is -2.39. The first-order valence-corrected chi connectivity index (χ1v) is 8.54. The van der Waals surface area contributed by atoms with Crippen molar-refractivity contribution in [2.45, 2.75) is 23.8 Å². The molecule has 9 heteroatoms. The molecule has 0 radical (unpaired) electrons. The Morgan fingerprint density at radius 3 is 2.74 bits per heavy atom. The lowest BCUT2D eigenvalue weighted by atomic mass is 10.1. The Kier molecular flexibility index (Phi) is 3.82. The minimum atomic E-state index is -4.00. The topological polar surface area (TPSA) is 120 Å². The normalized spacial score (nSPS) is 18.3. The lowest BCUT2D eigenvalue weighted by Crippen LogP contribution is -2.26. The van der Waals surface area contributed by atoms with E-state index >= 15 is 0 Å². The average Bonchev–Trinajstić information content (AvgIpc) is 3.16. The maximum absolute atomic E-state index is 11.8. The van der Waals surface area contributed by atoms with Crippen LogP contribution >= 0.6 is 0 Å². The summed E-state index contributed by atoms with van der Waals surface area (Å²) in [5.41, 5.74) is 0.0538. The van der Waals surface area contributed by atoms with Gasteiger partial charge in [-0.1, -0.05) is 0 Å². The Labute approximate surface area is 132 Å². The summed E-state index contributed by atoms with van der Waals surface area (Å²) in [5, 5.41) is 16.3. The maximum atomic E-state index is 11.8. The molecule has 23 heavy (non-hydrogen) atoms. The number of nitro groups is 1. The number of sulfonamides is 1. The van der Waals surface area contributed by atoms with Gasteiger partial charge in [-0.3, -0.25) is 10.1 Å². The van der Waals surface area contributed by atoms with Gasteiger partial charge in [0.2, 0.25) is 10.0 Å². The molecule has 1 aromatic heterocycles. The van der Waals surface area contributed by atoms with Crippen molar-refractivity contribution in [1.29, 1.82) is 0 Å². The second kappa shape index (κ2) is 5.67. The molecule has 1 saturated heterocycles. The molecule has 0 amide bonds. The molecule has 1 aliphatic rings. The van der Waals surface area contributed by atoms with Gasteiger partial charge in [-0.25, -0.2) is 13.6 Å². The maximum Gasteiger partial charge on any atom is 0.271 e. The molecule has 1 aromatic carbocycles. The van der Waals surface area contributed by atoms with Crippen molar-refractivity contribution in [3.63, 3.8) is 0 Å². The van der Waals surface area contributed by atoms with Gasteiger partial charge in [0, 0.05) is 18.7 Å². The Morgan fingerprint density at radius 2 is 2.13 bits per heavy atom. The predicted octanol–water partition coefficient (Wildman–Crippen LogP) is 2.18. The first kappa shape index (κ1) is 15.5. The van der Waals surface area contributed by atoms with Crippen molar-refractivity contribution in [2.24, 2.45) is 5.14 Å². The van der Waals surface area contributed by atoms with Crippen LogP contribution in [0.3, 0.4) is 0 Å². The number of primary sulfonamides is 1. The summed E-state index contributed by atoms with van der Waals surface area (Å²) in [4.78, 5) is 12.1. The van der Waals surface area contributed by atoms with Crippen molar-refractivity contribution in [3.8, 4) is 0 Å². The Balaban J connectivity index is 2.13. The van der Waals surface area contributed by atoms with E-state index in [2.05, 4.69) is 0 Å². The molecule has 3 rings (SSSR count). The third-order valence-electron chi connectivity index (χ3n) is 3.89. The fourth-order valence-corrected chi connectivity index (χ4v) is 3.64. The van der Waals surface area contributed by atoms with Crippen molar-refractivity contribution in [1.82, 2.24) is 0 Å². The van der Waals surface area contributed by atoms with Crippen LogP contribution in [-0.2, 0) is 10.0 Å². The SMILES string of the molecule is NS(=O)(=O)c1ccc([N+](=O)[O-])cc1N1CCC[C@H]1c1ccco1. The number of nitrogens with two attached hydrogens (primary N) is 1. The summed E-state index contributed by atoms with van der Waals surface area (Å²) < 4.78 is 29.1. The van der Waals surface area contributed by atoms with Gasteiger partial charge in [0.25, 0.3) is 5.69 Å². The van der Waals surface area contributed by atoms with Crippen LogP contribution in [0.5, 0.6) is 0 Å². The van der Waals surface area contributed by atoms with Crippen LogP contribution in [0.2, 0.25) is 0 Å². The van der Waals surface area contributed by atoms with Crippen LogP contribution in [0.1, 0.15) is 24.6 Å². The van der Waals surface area contributed by atoms with Gasteiger partial charge in [0.05, 0.1) is 22.9 Å². The molecule has 1 fully saturated rings. The van der Waals surface area contributed by atoms with E-state index in [1.54, 1.807) is 23.3 Å². The highest BCUT2D eigenvalue weighted by molar-refractivity contribution is 7.89. The van der Waals surface area contributed by atoms with Gasteiger partial charge in [-0.2, -0.15) is 0 Å². The monoisotopic (exact) mass is 337 g/mol. The first-order valence-electron chi connectivity index (χ1n) is 6.99. The highest BCUT2D eigenvalue weighted by atomic mass is 32.2. The fraction of sp³-hybridized carbons (Fsp3) is 0.286. The Bertz CT molecular complexity index is 832. The fourth-order valence-electron chi connectivity index (χ4n) is 2.92. The number of anilines is 1. The number of nitrogens with zero attached hydrogens (tertiary/aromatic N) is 2. The average molecular weight is 337 g/mol. The molecule has 0 unspecified atom stereocenters. The van der Waals surface area contributed by atoms with Gasteiger partial charge in [-0.05, 0) is 31.0 Å². The number of non-ortho nitro benzene ring substituents is 1. The molecule has 0 saturated carbocycles. The third-order valence-corrected chi connectivity index (χ3v) is 4.85. The minimum absolute atomic E-state index is 0.124. The van der Waals surface area contributed by atoms with E-state index in [1.807, 2.05) is 0 Å². The van der Waals surface area contributed by atoms with E-state index in [-0.39, 0.29) is 22.3 Å². The molecule has 0 bridgehead atoms.